The molecule has 146 valence electrons. The molecule has 1 aliphatic rings. The van der Waals surface area contributed by atoms with Crippen LogP contribution in [0.25, 0.3) is 6.08 Å². The van der Waals surface area contributed by atoms with E-state index in [4.69, 9.17) is 23.7 Å². The molecule has 0 amide bonds. The summed E-state index contributed by atoms with van der Waals surface area (Å²) in [6.07, 6.45) is 1.58. The number of hydrogen-bond acceptors (Lipinski definition) is 7. The van der Waals surface area contributed by atoms with Gasteiger partial charge in [-0.1, -0.05) is 12.1 Å². The van der Waals surface area contributed by atoms with Crippen LogP contribution in [-0.2, 0) is 9.53 Å². The van der Waals surface area contributed by atoms with E-state index in [1.807, 2.05) is 19.1 Å². The first-order valence-electron chi connectivity index (χ1n) is 8.66. The quantitative estimate of drug-likeness (QED) is 0.538. The number of nitrogens with zero attached hydrogens (tertiary/aromatic N) is 1. The van der Waals surface area contributed by atoms with E-state index >= 15 is 0 Å². The number of hydrogen-bond donors (Lipinski definition) is 0. The smallest absolute Gasteiger partial charge is 0.363 e. The molecule has 2 aromatic carbocycles. The number of carbonyl (C=O) groups is 1. The Hall–Kier alpha value is -3.48. The highest BCUT2D eigenvalue weighted by Gasteiger charge is 2.27. The van der Waals surface area contributed by atoms with Gasteiger partial charge in [-0.05, 0) is 31.2 Å². The molecule has 28 heavy (non-hydrogen) atoms. The monoisotopic (exact) mass is 383 g/mol. The number of esters is 1. The lowest BCUT2D eigenvalue weighted by Crippen LogP contribution is -2.07. The third-order valence-electron chi connectivity index (χ3n) is 4.07. The van der Waals surface area contributed by atoms with Crippen molar-refractivity contribution in [1.29, 1.82) is 0 Å². The maximum atomic E-state index is 12.4. The first-order chi connectivity index (χ1) is 13.6. The van der Waals surface area contributed by atoms with Crippen LogP contribution in [0.4, 0.5) is 0 Å². The Bertz CT molecular complexity index is 948. The topological polar surface area (TPSA) is 75.6 Å². The van der Waals surface area contributed by atoms with Crippen molar-refractivity contribution in [2.45, 2.75) is 6.92 Å². The van der Waals surface area contributed by atoms with Gasteiger partial charge >= 0.3 is 5.97 Å². The second-order valence-electron chi connectivity index (χ2n) is 5.71. The number of cyclic esters (lactones) is 1. The van der Waals surface area contributed by atoms with E-state index in [0.717, 1.165) is 0 Å². The van der Waals surface area contributed by atoms with Crippen molar-refractivity contribution in [2.24, 2.45) is 4.99 Å². The van der Waals surface area contributed by atoms with Gasteiger partial charge in [0.1, 0.15) is 11.5 Å². The van der Waals surface area contributed by atoms with Gasteiger partial charge in [0.05, 0.1) is 33.5 Å². The molecule has 1 aliphatic heterocycles. The van der Waals surface area contributed by atoms with Gasteiger partial charge in [-0.3, -0.25) is 0 Å². The maximum Gasteiger partial charge on any atom is 0.363 e. The van der Waals surface area contributed by atoms with E-state index < -0.39 is 5.97 Å². The van der Waals surface area contributed by atoms with E-state index in [-0.39, 0.29) is 11.6 Å². The fourth-order valence-corrected chi connectivity index (χ4v) is 2.76. The molecule has 7 nitrogen and oxygen atoms in total. The van der Waals surface area contributed by atoms with Gasteiger partial charge in [-0.15, -0.1) is 0 Å². The summed E-state index contributed by atoms with van der Waals surface area (Å²) in [5, 5.41) is 0. The molecular formula is C21H21NO6. The van der Waals surface area contributed by atoms with Crippen molar-refractivity contribution in [1.82, 2.24) is 0 Å². The van der Waals surface area contributed by atoms with Gasteiger partial charge in [-0.25, -0.2) is 9.79 Å². The first kappa shape index (κ1) is 19.3. The van der Waals surface area contributed by atoms with E-state index in [9.17, 15) is 4.79 Å². The standard InChI is InChI=1S/C21H21NO6/c1-5-27-16-9-7-6-8-14(16)20-22-15(21(23)28-20)10-13-11-18(25-3)19(26-4)12-17(13)24-2/h6-12H,5H2,1-4H3/b15-10-. The summed E-state index contributed by atoms with van der Waals surface area (Å²) in [7, 11) is 4.60. The lowest BCUT2D eigenvalue weighted by atomic mass is 10.1. The number of carbonyl (C=O) groups excluding carboxylic acids is 1. The molecule has 0 bridgehead atoms. The summed E-state index contributed by atoms with van der Waals surface area (Å²) in [5.41, 5.74) is 1.36. The predicted octanol–water partition coefficient (Wildman–Crippen LogP) is 3.46. The third kappa shape index (κ3) is 3.78. The van der Waals surface area contributed by atoms with Gasteiger partial charge in [0, 0.05) is 11.6 Å². The molecule has 0 unspecified atom stereocenters. The van der Waals surface area contributed by atoms with Crippen molar-refractivity contribution >= 4 is 17.9 Å². The Kier molecular flexibility index (Phi) is 5.84. The number of methoxy groups -OCH3 is 3. The molecule has 0 aromatic heterocycles. The minimum atomic E-state index is -0.557. The van der Waals surface area contributed by atoms with Crippen LogP contribution in [0.2, 0.25) is 0 Å². The summed E-state index contributed by atoms with van der Waals surface area (Å²) in [5.74, 6) is 1.77. The fraction of sp³-hybridized carbons (Fsp3) is 0.238. The molecular weight excluding hydrogens is 362 g/mol. The Labute approximate surface area is 163 Å². The summed E-state index contributed by atoms with van der Waals surface area (Å²) in [6.45, 7) is 2.37. The van der Waals surface area contributed by atoms with Crippen molar-refractivity contribution in [3.8, 4) is 23.0 Å². The van der Waals surface area contributed by atoms with E-state index in [1.54, 1.807) is 30.3 Å². The molecule has 3 rings (SSSR count). The van der Waals surface area contributed by atoms with Crippen LogP contribution in [0.5, 0.6) is 23.0 Å². The zero-order chi connectivity index (χ0) is 20.1. The fourth-order valence-electron chi connectivity index (χ4n) is 2.76. The number of rotatable bonds is 7. The zero-order valence-corrected chi connectivity index (χ0v) is 16.1. The van der Waals surface area contributed by atoms with Crippen LogP contribution in [0.3, 0.4) is 0 Å². The molecule has 1 heterocycles. The molecule has 0 aliphatic carbocycles. The number of aliphatic imine (C=N–C) groups is 1. The number of benzene rings is 2. The lowest BCUT2D eigenvalue weighted by Gasteiger charge is -2.12. The summed E-state index contributed by atoms with van der Waals surface area (Å²) < 4.78 is 26.9. The summed E-state index contributed by atoms with van der Waals surface area (Å²) in [4.78, 5) is 16.7. The van der Waals surface area contributed by atoms with Crippen molar-refractivity contribution < 1.29 is 28.5 Å². The second kappa shape index (κ2) is 8.47. The Morgan fingerprint density at radius 2 is 1.64 bits per heavy atom. The molecule has 0 fully saturated rings. The SMILES string of the molecule is CCOc1ccccc1C1=N/C(=C\c2cc(OC)c(OC)cc2OC)C(=O)O1. The highest BCUT2D eigenvalue weighted by molar-refractivity contribution is 6.13. The van der Waals surface area contributed by atoms with Crippen molar-refractivity contribution in [2.75, 3.05) is 27.9 Å². The Morgan fingerprint density at radius 1 is 0.964 bits per heavy atom. The predicted molar refractivity (Wildman–Crippen MR) is 104 cm³/mol. The third-order valence-corrected chi connectivity index (χ3v) is 4.07. The lowest BCUT2D eigenvalue weighted by molar-refractivity contribution is -0.129. The average molecular weight is 383 g/mol. The van der Waals surface area contributed by atoms with E-state index in [0.29, 0.717) is 40.7 Å². The minimum absolute atomic E-state index is 0.145. The van der Waals surface area contributed by atoms with Crippen LogP contribution < -0.4 is 18.9 Å². The molecule has 0 spiro atoms. The summed E-state index contributed by atoms with van der Waals surface area (Å²) in [6, 6.07) is 10.6. The largest absolute Gasteiger partial charge is 0.496 e. The first-order valence-corrected chi connectivity index (χ1v) is 8.66. The van der Waals surface area contributed by atoms with Crippen LogP contribution in [0.1, 0.15) is 18.1 Å². The van der Waals surface area contributed by atoms with Crippen LogP contribution in [-0.4, -0.2) is 39.8 Å². The molecule has 0 atom stereocenters. The number of para-hydroxylation sites is 1. The maximum absolute atomic E-state index is 12.4. The molecule has 2 aromatic rings. The Morgan fingerprint density at radius 3 is 2.32 bits per heavy atom. The average Bonchev–Trinajstić information content (AvgIpc) is 3.08. The highest BCUT2D eigenvalue weighted by Crippen LogP contribution is 2.36. The van der Waals surface area contributed by atoms with Crippen molar-refractivity contribution in [3.63, 3.8) is 0 Å². The van der Waals surface area contributed by atoms with Gasteiger partial charge in [-0.2, -0.15) is 0 Å². The van der Waals surface area contributed by atoms with Gasteiger partial charge < -0.3 is 23.7 Å². The Balaban J connectivity index is 2.03. The van der Waals surface area contributed by atoms with E-state index in [2.05, 4.69) is 4.99 Å². The van der Waals surface area contributed by atoms with Crippen LogP contribution in [0.15, 0.2) is 47.1 Å². The highest BCUT2D eigenvalue weighted by atomic mass is 16.6. The molecule has 7 heteroatoms. The molecule has 0 N–H and O–H groups in total. The van der Waals surface area contributed by atoms with Crippen molar-refractivity contribution in [3.05, 3.63) is 53.2 Å². The molecule has 0 saturated heterocycles. The minimum Gasteiger partial charge on any atom is -0.496 e. The van der Waals surface area contributed by atoms with Gasteiger partial charge in [0.2, 0.25) is 5.90 Å². The number of ether oxygens (including phenoxy) is 5. The zero-order valence-electron chi connectivity index (χ0n) is 16.1. The summed E-state index contributed by atoms with van der Waals surface area (Å²) >= 11 is 0. The normalized spacial score (nSPS) is 14.5. The van der Waals surface area contributed by atoms with Gasteiger partial charge in [0.25, 0.3) is 0 Å². The molecule has 0 saturated carbocycles. The van der Waals surface area contributed by atoms with Gasteiger partial charge in [0.15, 0.2) is 17.2 Å². The van der Waals surface area contributed by atoms with E-state index in [1.165, 1.54) is 21.3 Å². The second-order valence-corrected chi connectivity index (χ2v) is 5.71. The molecule has 0 radical (unpaired) electrons. The van der Waals surface area contributed by atoms with Crippen LogP contribution >= 0.6 is 0 Å². The van der Waals surface area contributed by atoms with Crippen LogP contribution in [0, 0.1) is 0 Å².